The Hall–Kier alpha value is -1.14. The maximum absolute atomic E-state index is 11.9. The quantitative estimate of drug-likeness (QED) is 0.620. The number of nitrogens with two attached hydrogens (primary N) is 1. The fourth-order valence-electron chi connectivity index (χ4n) is 1.85. The molecule has 0 bridgehead atoms. The van der Waals surface area contributed by atoms with Crippen LogP contribution in [0.2, 0.25) is 0 Å². The molecular weight excluding hydrogens is 234 g/mol. The van der Waals surface area contributed by atoms with Gasteiger partial charge < -0.3 is 21.1 Å². The predicted molar refractivity (Wildman–Crippen MR) is 67.8 cm³/mol. The number of rotatable bonds is 5. The number of carbonyl (C=O) groups is 2. The molecule has 104 valence electrons. The van der Waals surface area contributed by atoms with Gasteiger partial charge in [0.1, 0.15) is 12.1 Å². The highest BCUT2D eigenvalue weighted by atomic mass is 16.5. The highest BCUT2D eigenvalue weighted by molar-refractivity contribution is 5.89. The van der Waals surface area contributed by atoms with E-state index < -0.39 is 12.1 Å². The van der Waals surface area contributed by atoms with Gasteiger partial charge >= 0.3 is 0 Å². The van der Waals surface area contributed by atoms with Gasteiger partial charge in [-0.25, -0.2) is 0 Å². The molecule has 1 aliphatic heterocycles. The van der Waals surface area contributed by atoms with Crippen LogP contribution in [0.3, 0.4) is 0 Å². The second kappa shape index (κ2) is 6.70. The Morgan fingerprint density at radius 3 is 2.44 bits per heavy atom. The van der Waals surface area contributed by atoms with Gasteiger partial charge in [0.2, 0.25) is 11.8 Å². The molecule has 18 heavy (non-hydrogen) atoms. The van der Waals surface area contributed by atoms with E-state index in [0.29, 0.717) is 13.0 Å². The number of carbonyl (C=O) groups excluding carboxylic acids is 2. The fourth-order valence-corrected chi connectivity index (χ4v) is 1.85. The van der Waals surface area contributed by atoms with Crippen molar-refractivity contribution in [2.75, 3.05) is 6.54 Å². The third kappa shape index (κ3) is 4.27. The summed E-state index contributed by atoms with van der Waals surface area (Å²) in [4.78, 5) is 23.5. The Morgan fingerprint density at radius 1 is 1.28 bits per heavy atom. The van der Waals surface area contributed by atoms with Crippen LogP contribution >= 0.6 is 0 Å². The van der Waals surface area contributed by atoms with E-state index in [1.54, 1.807) is 6.92 Å². The highest BCUT2D eigenvalue weighted by Crippen LogP contribution is 2.18. The van der Waals surface area contributed by atoms with Crippen molar-refractivity contribution in [3.63, 3.8) is 0 Å². The largest absolute Gasteiger partial charge is 0.364 e. The standard InChI is InChI=1S/C12H23N3O3/c1-7(2)14-11(16)8(3)15-12(17)10-5-4-9(6-13)18-10/h7-10H,4-6,13H2,1-3H3,(H,14,16)(H,15,17). The van der Waals surface area contributed by atoms with E-state index in [1.165, 1.54) is 0 Å². The van der Waals surface area contributed by atoms with E-state index in [4.69, 9.17) is 10.5 Å². The first-order chi connectivity index (χ1) is 8.43. The summed E-state index contributed by atoms with van der Waals surface area (Å²) < 4.78 is 5.47. The molecule has 0 radical (unpaired) electrons. The summed E-state index contributed by atoms with van der Waals surface area (Å²) in [5, 5.41) is 5.40. The van der Waals surface area contributed by atoms with Crippen LogP contribution in [0.25, 0.3) is 0 Å². The first-order valence-corrected chi connectivity index (χ1v) is 6.40. The zero-order chi connectivity index (χ0) is 13.7. The summed E-state index contributed by atoms with van der Waals surface area (Å²) >= 11 is 0. The van der Waals surface area contributed by atoms with Crippen LogP contribution in [0.15, 0.2) is 0 Å². The average Bonchev–Trinajstić information content (AvgIpc) is 2.76. The minimum absolute atomic E-state index is 0.0412. The molecule has 2 amide bonds. The zero-order valence-corrected chi connectivity index (χ0v) is 11.2. The van der Waals surface area contributed by atoms with Crippen LogP contribution in [-0.2, 0) is 14.3 Å². The van der Waals surface area contributed by atoms with Gasteiger partial charge in [0, 0.05) is 12.6 Å². The first kappa shape index (κ1) is 14.9. The molecule has 0 aromatic carbocycles. The van der Waals surface area contributed by atoms with Gasteiger partial charge in [-0.1, -0.05) is 0 Å². The van der Waals surface area contributed by atoms with Crippen molar-refractivity contribution in [3.8, 4) is 0 Å². The fraction of sp³-hybridized carbons (Fsp3) is 0.833. The van der Waals surface area contributed by atoms with Gasteiger partial charge in [-0.05, 0) is 33.6 Å². The molecule has 1 aliphatic rings. The van der Waals surface area contributed by atoms with Crippen molar-refractivity contribution in [3.05, 3.63) is 0 Å². The third-order valence-electron chi connectivity index (χ3n) is 2.85. The lowest BCUT2D eigenvalue weighted by molar-refractivity contribution is -0.135. The molecule has 4 N–H and O–H groups in total. The van der Waals surface area contributed by atoms with E-state index in [0.717, 1.165) is 6.42 Å². The summed E-state index contributed by atoms with van der Waals surface area (Å²) in [5.41, 5.74) is 5.48. The topological polar surface area (TPSA) is 93.5 Å². The van der Waals surface area contributed by atoms with E-state index in [1.807, 2.05) is 13.8 Å². The molecule has 0 aromatic rings. The van der Waals surface area contributed by atoms with Crippen LogP contribution < -0.4 is 16.4 Å². The number of amides is 2. The van der Waals surface area contributed by atoms with Crippen LogP contribution in [0.4, 0.5) is 0 Å². The zero-order valence-electron chi connectivity index (χ0n) is 11.2. The molecule has 0 spiro atoms. The molecule has 3 unspecified atom stereocenters. The number of ether oxygens (including phenoxy) is 1. The van der Waals surface area contributed by atoms with Gasteiger partial charge in [-0.15, -0.1) is 0 Å². The van der Waals surface area contributed by atoms with Crippen LogP contribution in [0, 0.1) is 0 Å². The Labute approximate surface area is 108 Å². The molecule has 0 saturated carbocycles. The van der Waals surface area contributed by atoms with Crippen LogP contribution in [0.1, 0.15) is 33.6 Å². The van der Waals surface area contributed by atoms with Crippen LogP contribution in [0.5, 0.6) is 0 Å². The summed E-state index contributed by atoms with van der Waals surface area (Å²) in [7, 11) is 0. The second-order valence-corrected chi connectivity index (χ2v) is 4.95. The maximum Gasteiger partial charge on any atom is 0.249 e. The normalized spacial score (nSPS) is 24.9. The molecule has 6 nitrogen and oxygen atoms in total. The molecular formula is C12H23N3O3. The summed E-state index contributed by atoms with van der Waals surface area (Å²) in [6.07, 6.45) is 0.932. The van der Waals surface area contributed by atoms with Crippen LogP contribution in [-0.4, -0.2) is 42.7 Å². The van der Waals surface area contributed by atoms with Crippen molar-refractivity contribution in [1.82, 2.24) is 10.6 Å². The van der Waals surface area contributed by atoms with Crippen molar-refractivity contribution >= 4 is 11.8 Å². The summed E-state index contributed by atoms with van der Waals surface area (Å²) in [6.45, 7) is 5.83. The maximum atomic E-state index is 11.9. The molecule has 3 atom stereocenters. The van der Waals surface area contributed by atoms with E-state index in [-0.39, 0.29) is 24.0 Å². The number of nitrogens with one attached hydrogen (secondary N) is 2. The van der Waals surface area contributed by atoms with Crippen molar-refractivity contribution in [2.24, 2.45) is 5.73 Å². The van der Waals surface area contributed by atoms with Crippen molar-refractivity contribution in [1.29, 1.82) is 0 Å². The highest BCUT2D eigenvalue weighted by Gasteiger charge is 2.31. The lowest BCUT2D eigenvalue weighted by Gasteiger charge is -2.18. The Bertz CT molecular complexity index is 307. The minimum Gasteiger partial charge on any atom is -0.364 e. The molecule has 1 fully saturated rings. The van der Waals surface area contributed by atoms with E-state index >= 15 is 0 Å². The van der Waals surface area contributed by atoms with Crippen molar-refractivity contribution in [2.45, 2.75) is 57.9 Å². The molecule has 1 rings (SSSR count). The Morgan fingerprint density at radius 2 is 1.94 bits per heavy atom. The van der Waals surface area contributed by atoms with Gasteiger partial charge in [0.25, 0.3) is 0 Å². The van der Waals surface area contributed by atoms with Gasteiger partial charge in [0.15, 0.2) is 0 Å². The molecule has 6 heteroatoms. The SMILES string of the molecule is CC(C)NC(=O)C(C)NC(=O)C1CCC(CN)O1. The third-order valence-corrected chi connectivity index (χ3v) is 2.85. The van der Waals surface area contributed by atoms with Gasteiger partial charge in [0.05, 0.1) is 6.10 Å². The Balaban J connectivity index is 2.38. The lowest BCUT2D eigenvalue weighted by Crippen LogP contribution is -2.49. The van der Waals surface area contributed by atoms with Crippen molar-refractivity contribution < 1.29 is 14.3 Å². The molecule has 0 aliphatic carbocycles. The predicted octanol–water partition coefficient (Wildman–Crippen LogP) is -0.478. The van der Waals surface area contributed by atoms with Gasteiger partial charge in [-0.3, -0.25) is 9.59 Å². The van der Waals surface area contributed by atoms with E-state index in [9.17, 15) is 9.59 Å². The Kier molecular flexibility index (Phi) is 5.55. The lowest BCUT2D eigenvalue weighted by atomic mass is 10.2. The smallest absolute Gasteiger partial charge is 0.249 e. The molecule has 1 saturated heterocycles. The first-order valence-electron chi connectivity index (χ1n) is 6.40. The van der Waals surface area contributed by atoms with Gasteiger partial charge in [-0.2, -0.15) is 0 Å². The number of hydrogen-bond acceptors (Lipinski definition) is 4. The molecule has 0 aromatic heterocycles. The molecule has 1 heterocycles. The summed E-state index contributed by atoms with van der Waals surface area (Å²) in [5.74, 6) is -0.427. The number of hydrogen-bond donors (Lipinski definition) is 3. The summed E-state index contributed by atoms with van der Waals surface area (Å²) in [6, 6.07) is -0.498. The second-order valence-electron chi connectivity index (χ2n) is 4.95. The minimum atomic E-state index is -0.555. The average molecular weight is 257 g/mol. The van der Waals surface area contributed by atoms with E-state index in [2.05, 4.69) is 10.6 Å². The monoisotopic (exact) mass is 257 g/mol.